The highest BCUT2D eigenvalue weighted by molar-refractivity contribution is 5.76. The molecule has 1 heterocycles. The van der Waals surface area contributed by atoms with Crippen LogP contribution >= 0.6 is 0 Å². The first-order chi connectivity index (χ1) is 7.20. The number of hydrogen-bond acceptors (Lipinski definition) is 3. The summed E-state index contributed by atoms with van der Waals surface area (Å²) in [6.45, 7) is 7.06. The van der Waals surface area contributed by atoms with Crippen molar-refractivity contribution in [3.63, 3.8) is 0 Å². The minimum atomic E-state index is -0.222. The molecule has 0 aromatic heterocycles. The van der Waals surface area contributed by atoms with E-state index in [0.717, 1.165) is 13.1 Å². The molecule has 0 aromatic carbocycles. The Morgan fingerprint density at radius 2 is 2.07 bits per heavy atom. The first kappa shape index (κ1) is 12.5. The summed E-state index contributed by atoms with van der Waals surface area (Å²) >= 11 is 0. The first-order valence-corrected chi connectivity index (χ1v) is 5.92. The highest BCUT2D eigenvalue weighted by Crippen LogP contribution is 2.07. The second-order valence-corrected chi connectivity index (χ2v) is 4.41. The molecule has 1 amide bonds. The summed E-state index contributed by atoms with van der Waals surface area (Å²) in [6, 6.07) is 0. The molecule has 1 fully saturated rings. The number of nitrogens with two attached hydrogens (primary N) is 1. The van der Waals surface area contributed by atoms with Crippen molar-refractivity contribution in [1.29, 1.82) is 0 Å². The van der Waals surface area contributed by atoms with Crippen LogP contribution in [0.3, 0.4) is 0 Å². The number of rotatable bonds is 6. The molecule has 0 spiro atoms. The van der Waals surface area contributed by atoms with Crippen molar-refractivity contribution in [2.75, 3.05) is 32.7 Å². The third-order valence-electron chi connectivity index (χ3n) is 2.99. The van der Waals surface area contributed by atoms with Gasteiger partial charge in [0.1, 0.15) is 0 Å². The summed E-state index contributed by atoms with van der Waals surface area (Å²) in [5, 5.41) is 3.27. The average molecular weight is 213 g/mol. The predicted molar refractivity (Wildman–Crippen MR) is 61.5 cm³/mol. The van der Waals surface area contributed by atoms with Crippen molar-refractivity contribution in [3.8, 4) is 0 Å². The summed E-state index contributed by atoms with van der Waals surface area (Å²) in [6.07, 6.45) is 4.04. The van der Waals surface area contributed by atoms with Gasteiger partial charge in [0.05, 0.1) is 0 Å². The van der Waals surface area contributed by atoms with Gasteiger partial charge in [0.15, 0.2) is 0 Å². The first-order valence-electron chi connectivity index (χ1n) is 5.92. The van der Waals surface area contributed by atoms with Crippen LogP contribution in [0, 0.1) is 5.92 Å². The van der Waals surface area contributed by atoms with Crippen LogP contribution in [-0.2, 0) is 4.79 Å². The lowest BCUT2D eigenvalue weighted by molar-refractivity contribution is -0.121. The number of piperidine rings is 1. The van der Waals surface area contributed by atoms with Crippen molar-refractivity contribution < 1.29 is 4.79 Å². The molecule has 88 valence electrons. The molecule has 0 saturated carbocycles. The summed E-state index contributed by atoms with van der Waals surface area (Å²) in [5.41, 5.74) is 5.17. The van der Waals surface area contributed by atoms with E-state index in [2.05, 4.69) is 10.2 Å². The van der Waals surface area contributed by atoms with Crippen LogP contribution in [-0.4, -0.2) is 43.5 Å². The Morgan fingerprint density at radius 3 is 2.67 bits per heavy atom. The molecular weight excluding hydrogens is 190 g/mol. The Labute approximate surface area is 92.2 Å². The van der Waals surface area contributed by atoms with Crippen LogP contribution in [0.15, 0.2) is 0 Å². The van der Waals surface area contributed by atoms with Crippen LogP contribution in [0.2, 0.25) is 0 Å². The fraction of sp³-hybridized carbons (Fsp3) is 0.909. The van der Waals surface area contributed by atoms with E-state index >= 15 is 0 Å². The number of nitrogens with zero attached hydrogens (tertiary/aromatic N) is 1. The van der Waals surface area contributed by atoms with E-state index in [0.29, 0.717) is 6.54 Å². The van der Waals surface area contributed by atoms with Gasteiger partial charge < -0.3 is 16.0 Å². The van der Waals surface area contributed by atoms with Crippen LogP contribution in [0.25, 0.3) is 0 Å². The molecule has 1 aliphatic heterocycles. The lowest BCUT2D eigenvalue weighted by Crippen LogP contribution is -2.38. The van der Waals surface area contributed by atoms with Crippen molar-refractivity contribution in [1.82, 2.24) is 10.2 Å². The Morgan fingerprint density at radius 1 is 1.40 bits per heavy atom. The number of hydrogen-bond donors (Lipinski definition) is 2. The monoisotopic (exact) mass is 213 g/mol. The zero-order valence-electron chi connectivity index (χ0n) is 9.67. The minimum absolute atomic E-state index is 0.0636. The lowest BCUT2D eigenvalue weighted by atomic mass is 10.1. The maximum absolute atomic E-state index is 10.8. The fourth-order valence-electron chi connectivity index (χ4n) is 1.84. The second-order valence-electron chi connectivity index (χ2n) is 4.41. The molecule has 1 saturated heterocycles. The zero-order chi connectivity index (χ0) is 11.1. The van der Waals surface area contributed by atoms with Gasteiger partial charge in [-0.25, -0.2) is 0 Å². The molecule has 0 aromatic rings. The molecule has 15 heavy (non-hydrogen) atoms. The van der Waals surface area contributed by atoms with Gasteiger partial charge in [-0.1, -0.05) is 13.3 Å². The van der Waals surface area contributed by atoms with E-state index in [1.165, 1.54) is 32.4 Å². The van der Waals surface area contributed by atoms with Gasteiger partial charge >= 0.3 is 0 Å². The van der Waals surface area contributed by atoms with E-state index < -0.39 is 0 Å². The third kappa shape index (κ3) is 5.14. The normalized spacial score (nSPS) is 20.1. The topological polar surface area (TPSA) is 58.4 Å². The highest BCUT2D eigenvalue weighted by Gasteiger charge is 2.10. The zero-order valence-corrected chi connectivity index (χ0v) is 9.67. The number of carbonyl (C=O) groups excluding carboxylic acids is 1. The standard InChI is InChI=1S/C11H23N3O/c1-10(11(12)15)9-13-5-8-14-6-3-2-4-7-14/h10,13H,2-9H2,1H3,(H2,12,15). The Bertz CT molecular complexity index is 190. The van der Waals surface area contributed by atoms with Gasteiger partial charge in [0, 0.05) is 25.6 Å². The molecule has 4 heteroatoms. The molecule has 1 unspecified atom stereocenters. The van der Waals surface area contributed by atoms with Gasteiger partial charge in [0.2, 0.25) is 5.91 Å². The van der Waals surface area contributed by atoms with Crippen molar-refractivity contribution in [3.05, 3.63) is 0 Å². The van der Waals surface area contributed by atoms with Gasteiger partial charge in [-0.2, -0.15) is 0 Å². The molecule has 1 rings (SSSR count). The summed E-state index contributed by atoms with van der Waals surface area (Å²) in [4.78, 5) is 13.2. The van der Waals surface area contributed by atoms with Crippen LogP contribution in [0.5, 0.6) is 0 Å². The number of amides is 1. The molecule has 1 atom stereocenters. The average Bonchev–Trinajstić information content (AvgIpc) is 2.25. The van der Waals surface area contributed by atoms with E-state index in [4.69, 9.17) is 5.73 Å². The van der Waals surface area contributed by atoms with Crippen LogP contribution in [0.4, 0.5) is 0 Å². The summed E-state index contributed by atoms with van der Waals surface area (Å²) in [7, 11) is 0. The molecule has 0 radical (unpaired) electrons. The van der Waals surface area contributed by atoms with Gasteiger partial charge in [-0.3, -0.25) is 4.79 Å². The van der Waals surface area contributed by atoms with Crippen molar-refractivity contribution in [2.45, 2.75) is 26.2 Å². The van der Waals surface area contributed by atoms with Crippen LogP contribution in [0.1, 0.15) is 26.2 Å². The van der Waals surface area contributed by atoms with Crippen molar-refractivity contribution >= 4 is 5.91 Å². The van der Waals surface area contributed by atoms with E-state index in [1.54, 1.807) is 0 Å². The maximum Gasteiger partial charge on any atom is 0.221 e. The van der Waals surface area contributed by atoms with Gasteiger partial charge in [-0.05, 0) is 25.9 Å². The second kappa shape index (κ2) is 6.80. The fourth-order valence-corrected chi connectivity index (χ4v) is 1.84. The van der Waals surface area contributed by atoms with E-state index in [1.807, 2.05) is 6.92 Å². The molecule has 0 aliphatic carbocycles. The highest BCUT2D eigenvalue weighted by atomic mass is 16.1. The van der Waals surface area contributed by atoms with E-state index in [-0.39, 0.29) is 11.8 Å². The minimum Gasteiger partial charge on any atom is -0.369 e. The number of carbonyl (C=O) groups is 1. The van der Waals surface area contributed by atoms with Crippen LogP contribution < -0.4 is 11.1 Å². The molecule has 0 bridgehead atoms. The molecule has 1 aliphatic rings. The quantitative estimate of drug-likeness (QED) is 0.619. The predicted octanol–water partition coefficient (Wildman–Crippen LogP) is 0.183. The number of primary amides is 1. The number of likely N-dealkylation sites (tertiary alicyclic amines) is 1. The Balaban J connectivity index is 1.98. The molecular formula is C11H23N3O. The van der Waals surface area contributed by atoms with E-state index in [9.17, 15) is 4.79 Å². The number of nitrogens with one attached hydrogen (secondary N) is 1. The summed E-state index contributed by atoms with van der Waals surface area (Å²) in [5.74, 6) is -0.285. The maximum atomic E-state index is 10.8. The SMILES string of the molecule is CC(CNCCN1CCCCC1)C(N)=O. The van der Waals surface area contributed by atoms with Gasteiger partial charge in [0.25, 0.3) is 0 Å². The summed E-state index contributed by atoms with van der Waals surface area (Å²) < 4.78 is 0. The van der Waals surface area contributed by atoms with Gasteiger partial charge in [-0.15, -0.1) is 0 Å². The lowest BCUT2D eigenvalue weighted by Gasteiger charge is -2.26. The third-order valence-corrected chi connectivity index (χ3v) is 2.99. The Hall–Kier alpha value is -0.610. The largest absolute Gasteiger partial charge is 0.369 e. The molecule has 3 N–H and O–H groups in total. The Kier molecular flexibility index (Phi) is 5.65. The van der Waals surface area contributed by atoms with Crippen molar-refractivity contribution in [2.24, 2.45) is 11.7 Å². The smallest absolute Gasteiger partial charge is 0.221 e. The molecule has 4 nitrogen and oxygen atoms in total.